The number of carbonyl (C=O) groups excluding carboxylic acids is 1. The zero-order chi connectivity index (χ0) is 15.4. The third kappa shape index (κ3) is 3.30. The van der Waals surface area contributed by atoms with Gasteiger partial charge in [-0.2, -0.15) is 0 Å². The van der Waals surface area contributed by atoms with Crippen LogP contribution in [-0.4, -0.2) is 28.0 Å². The number of aromatic nitrogens is 2. The monoisotopic (exact) mass is 289 g/mol. The molecular formula is C13H11N3O5. The molecular weight excluding hydrogens is 278 g/mol. The number of carbonyl (C=O) groups is 1. The summed E-state index contributed by atoms with van der Waals surface area (Å²) in [5.41, 5.74) is 0.141. The summed E-state index contributed by atoms with van der Waals surface area (Å²) in [6.07, 6.45) is 1.52. The molecule has 21 heavy (non-hydrogen) atoms. The summed E-state index contributed by atoms with van der Waals surface area (Å²) in [6, 6.07) is 5.52. The van der Waals surface area contributed by atoms with Crippen molar-refractivity contribution < 1.29 is 19.2 Å². The van der Waals surface area contributed by atoms with Gasteiger partial charge in [0.1, 0.15) is 11.3 Å². The maximum absolute atomic E-state index is 11.6. The number of hydrogen-bond acceptors (Lipinski definition) is 7. The van der Waals surface area contributed by atoms with E-state index in [0.29, 0.717) is 5.69 Å². The average molecular weight is 289 g/mol. The van der Waals surface area contributed by atoms with Crippen molar-refractivity contribution in [3.05, 3.63) is 51.8 Å². The molecule has 8 nitrogen and oxygen atoms in total. The van der Waals surface area contributed by atoms with Gasteiger partial charge in [0.05, 0.1) is 12.0 Å². The molecule has 0 unspecified atom stereocenters. The van der Waals surface area contributed by atoms with Crippen LogP contribution in [0.2, 0.25) is 0 Å². The van der Waals surface area contributed by atoms with E-state index in [1.165, 1.54) is 18.3 Å². The number of nitro groups is 1. The third-order valence-electron chi connectivity index (χ3n) is 2.55. The molecule has 0 spiro atoms. The van der Waals surface area contributed by atoms with Gasteiger partial charge in [-0.25, -0.2) is 14.8 Å². The molecule has 0 aliphatic heterocycles. The summed E-state index contributed by atoms with van der Waals surface area (Å²) in [7, 11) is 1.14. The Bertz CT molecular complexity index is 702. The van der Waals surface area contributed by atoms with E-state index < -0.39 is 10.9 Å². The number of benzene rings is 1. The lowest BCUT2D eigenvalue weighted by Gasteiger charge is -2.06. The molecule has 0 aliphatic rings. The molecule has 1 aromatic carbocycles. The summed E-state index contributed by atoms with van der Waals surface area (Å²) in [5, 5.41) is 10.9. The quantitative estimate of drug-likeness (QED) is 0.483. The zero-order valence-corrected chi connectivity index (χ0v) is 11.3. The molecule has 0 atom stereocenters. The molecule has 8 heteroatoms. The Kier molecular flexibility index (Phi) is 4.07. The van der Waals surface area contributed by atoms with Crippen LogP contribution in [0.4, 0.5) is 5.69 Å². The van der Waals surface area contributed by atoms with Gasteiger partial charge in [-0.05, 0) is 19.1 Å². The number of nitro benzene ring substituents is 1. The summed E-state index contributed by atoms with van der Waals surface area (Å²) in [6.45, 7) is 1.77. The van der Waals surface area contributed by atoms with E-state index >= 15 is 0 Å². The van der Waals surface area contributed by atoms with Crippen molar-refractivity contribution in [1.29, 1.82) is 0 Å². The van der Waals surface area contributed by atoms with E-state index in [2.05, 4.69) is 14.7 Å². The fraction of sp³-hybridized carbons (Fsp3) is 0.154. The molecule has 0 saturated carbocycles. The van der Waals surface area contributed by atoms with Crippen LogP contribution in [0, 0.1) is 17.0 Å². The summed E-state index contributed by atoms with van der Waals surface area (Å²) < 4.78 is 9.90. The van der Waals surface area contributed by atoms with E-state index in [-0.39, 0.29) is 23.0 Å². The van der Waals surface area contributed by atoms with Gasteiger partial charge in [-0.1, -0.05) is 0 Å². The normalized spacial score (nSPS) is 10.0. The van der Waals surface area contributed by atoms with Crippen LogP contribution in [0.1, 0.15) is 16.1 Å². The molecule has 1 aromatic heterocycles. The van der Waals surface area contributed by atoms with Crippen LogP contribution >= 0.6 is 0 Å². The van der Waals surface area contributed by atoms with Crippen molar-refractivity contribution in [3.63, 3.8) is 0 Å². The van der Waals surface area contributed by atoms with Crippen LogP contribution < -0.4 is 4.74 Å². The van der Waals surface area contributed by atoms with E-state index in [9.17, 15) is 14.9 Å². The van der Waals surface area contributed by atoms with E-state index in [4.69, 9.17) is 4.74 Å². The first-order valence-corrected chi connectivity index (χ1v) is 5.85. The van der Waals surface area contributed by atoms with Gasteiger partial charge >= 0.3 is 12.0 Å². The minimum Gasteiger partial charge on any atom is -0.465 e. The largest absolute Gasteiger partial charge is 0.465 e. The molecule has 1 heterocycles. The number of methoxy groups -OCH3 is 1. The van der Waals surface area contributed by atoms with Gasteiger partial charge in [-0.3, -0.25) is 10.1 Å². The number of ether oxygens (including phenoxy) is 2. The van der Waals surface area contributed by atoms with Crippen molar-refractivity contribution in [3.8, 4) is 11.8 Å². The second-order valence-electron chi connectivity index (χ2n) is 4.01. The summed E-state index contributed by atoms with van der Waals surface area (Å²) in [4.78, 5) is 29.7. The van der Waals surface area contributed by atoms with Crippen LogP contribution in [0.25, 0.3) is 0 Å². The Balaban J connectivity index is 2.37. The van der Waals surface area contributed by atoms with Crippen molar-refractivity contribution in [2.45, 2.75) is 6.92 Å². The minimum atomic E-state index is -0.822. The van der Waals surface area contributed by atoms with Crippen molar-refractivity contribution in [1.82, 2.24) is 9.97 Å². The van der Waals surface area contributed by atoms with Gasteiger partial charge in [0.15, 0.2) is 0 Å². The molecule has 0 aliphatic carbocycles. The number of nitrogens with zero attached hydrogens (tertiary/aromatic N) is 3. The first-order valence-electron chi connectivity index (χ1n) is 5.85. The first kappa shape index (κ1) is 14.4. The van der Waals surface area contributed by atoms with Gasteiger partial charge in [0, 0.05) is 24.0 Å². The minimum absolute atomic E-state index is 0.0830. The standard InChI is InChI=1S/C13H11N3O5/c1-8-5-6-14-13(15-8)21-9-3-4-11(16(18)19)10(7-9)12(17)20-2/h3-7H,1-2H3. The smallest absolute Gasteiger partial charge is 0.345 e. The van der Waals surface area contributed by atoms with Gasteiger partial charge in [-0.15, -0.1) is 0 Å². The predicted octanol–water partition coefficient (Wildman–Crippen LogP) is 2.27. The second kappa shape index (κ2) is 5.95. The van der Waals surface area contributed by atoms with Gasteiger partial charge < -0.3 is 9.47 Å². The Labute approximate surface area is 119 Å². The molecule has 0 saturated heterocycles. The zero-order valence-electron chi connectivity index (χ0n) is 11.3. The number of rotatable bonds is 4. The number of aryl methyl sites for hydroxylation is 1. The van der Waals surface area contributed by atoms with Crippen LogP contribution in [0.3, 0.4) is 0 Å². The maximum atomic E-state index is 11.6. The lowest BCUT2D eigenvalue weighted by molar-refractivity contribution is -0.385. The SMILES string of the molecule is COC(=O)c1cc(Oc2nccc(C)n2)ccc1[N+](=O)[O-]. The van der Waals surface area contributed by atoms with Crippen molar-refractivity contribution in [2.75, 3.05) is 7.11 Å². The fourth-order valence-electron chi connectivity index (χ4n) is 1.59. The van der Waals surface area contributed by atoms with Gasteiger partial charge in [0.25, 0.3) is 5.69 Å². The highest BCUT2D eigenvalue weighted by molar-refractivity contribution is 5.94. The highest BCUT2D eigenvalue weighted by atomic mass is 16.6. The average Bonchev–Trinajstić information content (AvgIpc) is 2.46. The fourth-order valence-corrected chi connectivity index (χ4v) is 1.59. The molecule has 0 amide bonds. The predicted molar refractivity (Wildman–Crippen MR) is 71.3 cm³/mol. The maximum Gasteiger partial charge on any atom is 0.345 e. The Hall–Kier alpha value is -3.03. The summed E-state index contributed by atoms with van der Waals surface area (Å²) >= 11 is 0. The molecule has 2 aromatic rings. The molecule has 2 rings (SSSR count). The molecule has 108 valence electrons. The second-order valence-corrected chi connectivity index (χ2v) is 4.01. The van der Waals surface area contributed by atoms with Crippen molar-refractivity contribution >= 4 is 11.7 Å². The van der Waals surface area contributed by atoms with E-state index in [0.717, 1.165) is 13.2 Å². The third-order valence-corrected chi connectivity index (χ3v) is 2.55. The Morgan fingerprint density at radius 3 is 2.71 bits per heavy atom. The highest BCUT2D eigenvalue weighted by Crippen LogP contribution is 2.26. The lowest BCUT2D eigenvalue weighted by atomic mass is 10.1. The lowest BCUT2D eigenvalue weighted by Crippen LogP contribution is -2.06. The topological polar surface area (TPSA) is 104 Å². The Morgan fingerprint density at radius 2 is 2.10 bits per heavy atom. The van der Waals surface area contributed by atoms with Crippen LogP contribution in [-0.2, 0) is 4.74 Å². The van der Waals surface area contributed by atoms with Gasteiger partial charge in [0.2, 0.25) is 0 Å². The molecule has 0 fully saturated rings. The van der Waals surface area contributed by atoms with E-state index in [1.54, 1.807) is 13.0 Å². The van der Waals surface area contributed by atoms with Crippen LogP contribution in [0.15, 0.2) is 30.5 Å². The van der Waals surface area contributed by atoms with E-state index in [1.807, 2.05) is 0 Å². The van der Waals surface area contributed by atoms with Crippen LogP contribution in [0.5, 0.6) is 11.8 Å². The first-order chi connectivity index (χ1) is 10.0. The molecule has 0 N–H and O–H groups in total. The number of esters is 1. The molecule has 0 bridgehead atoms. The number of hydrogen-bond donors (Lipinski definition) is 0. The Morgan fingerprint density at radius 1 is 1.33 bits per heavy atom. The molecule has 0 radical (unpaired) electrons. The van der Waals surface area contributed by atoms with Crippen molar-refractivity contribution in [2.24, 2.45) is 0 Å². The summed E-state index contributed by atoms with van der Waals surface area (Å²) in [5.74, 6) is -0.621. The highest BCUT2D eigenvalue weighted by Gasteiger charge is 2.22.